The lowest BCUT2D eigenvalue weighted by Crippen LogP contribution is -2.36. The zero-order chi connectivity index (χ0) is 17.4. The van der Waals surface area contributed by atoms with Crippen LogP contribution >= 0.6 is 0 Å². The van der Waals surface area contributed by atoms with Crippen molar-refractivity contribution < 1.29 is 19.4 Å². The maximum Gasteiger partial charge on any atom is 0.224 e. The number of carbonyl (C=O) groups is 1. The summed E-state index contributed by atoms with van der Waals surface area (Å²) >= 11 is 0. The van der Waals surface area contributed by atoms with Crippen LogP contribution in [-0.4, -0.2) is 37.4 Å². The molecule has 2 aromatic carbocycles. The summed E-state index contributed by atoms with van der Waals surface area (Å²) in [7, 11) is 1.60. The summed E-state index contributed by atoms with van der Waals surface area (Å²) in [6.45, 7) is 2.23. The van der Waals surface area contributed by atoms with Gasteiger partial charge in [-0.2, -0.15) is 0 Å². The van der Waals surface area contributed by atoms with Gasteiger partial charge in [0.15, 0.2) is 0 Å². The van der Waals surface area contributed by atoms with Gasteiger partial charge in [-0.1, -0.05) is 30.3 Å². The number of aliphatic hydroxyl groups excluding tert-OH is 1. The highest BCUT2D eigenvalue weighted by molar-refractivity contribution is 5.78. The van der Waals surface area contributed by atoms with Gasteiger partial charge in [0.25, 0.3) is 0 Å². The Bertz CT molecular complexity index is 655. The molecular weight excluding hydrogens is 306 g/mol. The van der Waals surface area contributed by atoms with Crippen molar-refractivity contribution in [2.75, 3.05) is 20.3 Å². The van der Waals surface area contributed by atoms with E-state index >= 15 is 0 Å². The summed E-state index contributed by atoms with van der Waals surface area (Å²) < 4.78 is 10.6. The molecule has 2 rings (SSSR count). The van der Waals surface area contributed by atoms with Crippen molar-refractivity contribution >= 4 is 5.91 Å². The van der Waals surface area contributed by atoms with E-state index in [0.717, 1.165) is 22.6 Å². The molecule has 0 aliphatic carbocycles. The fourth-order valence-corrected chi connectivity index (χ4v) is 2.19. The largest absolute Gasteiger partial charge is 0.497 e. The van der Waals surface area contributed by atoms with Crippen LogP contribution < -0.4 is 14.8 Å². The van der Waals surface area contributed by atoms with E-state index in [-0.39, 0.29) is 25.5 Å². The van der Waals surface area contributed by atoms with Gasteiger partial charge in [-0.05, 0) is 36.2 Å². The Morgan fingerprint density at radius 1 is 1.17 bits per heavy atom. The Labute approximate surface area is 142 Å². The number of aryl methyl sites for hydroxylation is 1. The Balaban J connectivity index is 1.71. The molecule has 1 atom stereocenters. The highest BCUT2D eigenvalue weighted by Gasteiger charge is 2.09. The summed E-state index contributed by atoms with van der Waals surface area (Å²) in [5.74, 6) is 1.35. The van der Waals surface area contributed by atoms with E-state index in [1.807, 2.05) is 55.5 Å². The number of aliphatic hydroxyl groups is 1. The van der Waals surface area contributed by atoms with E-state index in [4.69, 9.17) is 9.47 Å². The molecule has 2 aromatic rings. The minimum Gasteiger partial charge on any atom is -0.497 e. The number of rotatable bonds is 8. The lowest BCUT2D eigenvalue weighted by molar-refractivity contribution is -0.121. The van der Waals surface area contributed by atoms with Crippen molar-refractivity contribution in [1.82, 2.24) is 5.32 Å². The van der Waals surface area contributed by atoms with Crippen LogP contribution in [0.15, 0.2) is 48.5 Å². The van der Waals surface area contributed by atoms with Crippen molar-refractivity contribution in [3.05, 3.63) is 59.7 Å². The third kappa shape index (κ3) is 5.59. The van der Waals surface area contributed by atoms with Crippen molar-refractivity contribution in [1.29, 1.82) is 0 Å². The van der Waals surface area contributed by atoms with E-state index in [0.29, 0.717) is 0 Å². The summed E-state index contributed by atoms with van der Waals surface area (Å²) in [5.41, 5.74) is 1.90. The molecule has 2 N–H and O–H groups in total. The van der Waals surface area contributed by atoms with Gasteiger partial charge in [-0.3, -0.25) is 4.79 Å². The lowest BCUT2D eigenvalue weighted by atomic mass is 10.1. The van der Waals surface area contributed by atoms with Gasteiger partial charge >= 0.3 is 0 Å². The predicted molar refractivity (Wildman–Crippen MR) is 92.4 cm³/mol. The molecule has 0 saturated heterocycles. The zero-order valence-electron chi connectivity index (χ0n) is 14.0. The summed E-state index contributed by atoms with van der Waals surface area (Å²) in [6, 6.07) is 14.9. The molecule has 5 nitrogen and oxygen atoms in total. The fraction of sp³-hybridized carbons (Fsp3) is 0.316. The second kappa shape index (κ2) is 8.93. The SMILES string of the molecule is COc1ccc(CC(=O)NCC(O)COc2ccccc2C)cc1. The smallest absolute Gasteiger partial charge is 0.224 e. The summed E-state index contributed by atoms with van der Waals surface area (Å²) in [4.78, 5) is 11.9. The average molecular weight is 329 g/mol. The number of ether oxygens (including phenoxy) is 2. The van der Waals surface area contributed by atoms with Crippen LogP contribution in [0.4, 0.5) is 0 Å². The summed E-state index contributed by atoms with van der Waals surface area (Å²) in [6.07, 6.45) is -0.501. The molecule has 0 saturated carbocycles. The molecule has 0 fully saturated rings. The van der Waals surface area contributed by atoms with Crippen LogP contribution in [-0.2, 0) is 11.2 Å². The number of amides is 1. The number of carbonyl (C=O) groups excluding carboxylic acids is 1. The Morgan fingerprint density at radius 2 is 1.88 bits per heavy atom. The third-order valence-electron chi connectivity index (χ3n) is 3.58. The monoisotopic (exact) mass is 329 g/mol. The van der Waals surface area contributed by atoms with Gasteiger partial charge < -0.3 is 19.9 Å². The maximum absolute atomic E-state index is 11.9. The lowest BCUT2D eigenvalue weighted by Gasteiger charge is -2.14. The molecule has 5 heteroatoms. The first kappa shape index (κ1) is 17.8. The Kier molecular flexibility index (Phi) is 6.63. The number of benzene rings is 2. The minimum atomic E-state index is -0.760. The molecule has 1 unspecified atom stereocenters. The average Bonchev–Trinajstić information content (AvgIpc) is 2.60. The number of nitrogens with one attached hydrogen (secondary N) is 1. The highest BCUT2D eigenvalue weighted by Crippen LogP contribution is 2.16. The van der Waals surface area contributed by atoms with Gasteiger partial charge in [-0.15, -0.1) is 0 Å². The quantitative estimate of drug-likeness (QED) is 0.778. The van der Waals surface area contributed by atoms with Crippen molar-refractivity contribution in [2.45, 2.75) is 19.4 Å². The molecular formula is C19H23NO4. The van der Waals surface area contributed by atoms with Gasteiger partial charge in [0.05, 0.1) is 13.5 Å². The van der Waals surface area contributed by atoms with Crippen molar-refractivity contribution in [2.24, 2.45) is 0 Å². The minimum absolute atomic E-state index is 0.133. The standard InChI is InChI=1S/C19H23NO4/c1-14-5-3-4-6-18(14)24-13-16(21)12-20-19(22)11-15-7-9-17(23-2)10-8-15/h3-10,16,21H,11-13H2,1-2H3,(H,20,22). The van der Waals surface area contributed by atoms with E-state index < -0.39 is 6.10 Å². The highest BCUT2D eigenvalue weighted by atomic mass is 16.5. The number of hydrogen-bond donors (Lipinski definition) is 2. The molecule has 0 bridgehead atoms. The van der Waals surface area contributed by atoms with E-state index in [2.05, 4.69) is 5.32 Å². The van der Waals surface area contributed by atoms with Crippen molar-refractivity contribution in [3.8, 4) is 11.5 Å². The molecule has 0 aliphatic heterocycles. The second-order valence-corrected chi connectivity index (χ2v) is 5.56. The third-order valence-corrected chi connectivity index (χ3v) is 3.58. The number of hydrogen-bond acceptors (Lipinski definition) is 4. The maximum atomic E-state index is 11.9. The van der Waals surface area contributed by atoms with E-state index in [1.54, 1.807) is 7.11 Å². The Morgan fingerprint density at radius 3 is 2.54 bits per heavy atom. The molecule has 24 heavy (non-hydrogen) atoms. The van der Waals surface area contributed by atoms with Crippen LogP contribution in [0.3, 0.4) is 0 Å². The normalized spacial score (nSPS) is 11.6. The van der Waals surface area contributed by atoms with Crippen LogP contribution in [0.1, 0.15) is 11.1 Å². The molecule has 128 valence electrons. The first-order valence-corrected chi connectivity index (χ1v) is 7.84. The van der Waals surface area contributed by atoms with Gasteiger partial charge in [0, 0.05) is 6.54 Å². The van der Waals surface area contributed by atoms with E-state index in [1.165, 1.54) is 0 Å². The van der Waals surface area contributed by atoms with Crippen LogP contribution in [0.2, 0.25) is 0 Å². The fourth-order valence-electron chi connectivity index (χ4n) is 2.19. The second-order valence-electron chi connectivity index (χ2n) is 5.56. The molecule has 0 aromatic heterocycles. The van der Waals surface area contributed by atoms with Gasteiger partial charge in [0.1, 0.15) is 24.2 Å². The van der Waals surface area contributed by atoms with Crippen LogP contribution in [0.5, 0.6) is 11.5 Å². The van der Waals surface area contributed by atoms with Crippen LogP contribution in [0, 0.1) is 6.92 Å². The first-order valence-electron chi connectivity index (χ1n) is 7.84. The van der Waals surface area contributed by atoms with Crippen LogP contribution in [0.25, 0.3) is 0 Å². The van der Waals surface area contributed by atoms with Crippen molar-refractivity contribution in [3.63, 3.8) is 0 Å². The summed E-state index contributed by atoms with van der Waals surface area (Å²) in [5, 5.41) is 12.6. The number of para-hydroxylation sites is 1. The molecule has 0 spiro atoms. The molecule has 0 heterocycles. The molecule has 0 aliphatic rings. The number of methoxy groups -OCH3 is 1. The molecule has 0 radical (unpaired) electrons. The Hall–Kier alpha value is -2.53. The predicted octanol–water partition coefficient (Wildman–Crippen LogP) is 2.10. The van der Waals surface area contributed by atoms with Gasteiger partial charge in [-0.25, -0.2) is 0 Å². The van der Waals surface area contributed by atoms with E-state index in [9.17, 15) is 9.90 Å². The topological polar surface area (TPSA) is 67.8 Å². The molecule has 1 amide bonds. The van der Waals surface area contributed by atoms with Gasteiger partial charge in [0.2, 0.25) is 5.91 Å². The first-order chi connectivity index (χ1) is 11.6. The zero-order valence-corrected chi connectivity index (χ0v) is 14.0.